The average molecular weight is 659 g/mol. The van der Waals surface area contributed by atoms with Gasteiger partial charge in [0.15, 0.2) is 11.6 Å². The molecule has 0 atom stereocenters. The van der Waals surface area contributed by atoms with Gasteiger partial charge in [-0.2, -0.15) is 0 Å². The van der Waals surface area contributed by atoms with Gasteiger partial charge in [0.2, 0.25) is 0 Å². The Bertz CT molecular complexity index is 2810. The highest BCUT2D eigenvalue weighted by Gasteiger charge is 2.18. The third kappa shape index (κ3) is 4.85. The van der Waals surface area contributed by atoms with Crippen molar-refractivity contribution in [2.24, 2.45) is 0 Å². The maximum atomic E-state index is 6.46. The van der Waals surface area contributed by atoms with Crippen LogP contribution in [0.15, 0.2) is 162 Å². The van der Waals surface area contributed by atoms with Gasteiger partial charge in [0.05, 0.1) is 27.3 Å². The molecule has 0 saturated carbocycles. The van der Waals surface area contributed by atoms with Crippen molar-refractivity contribution in [2.75, 3.05) is 0 Å². The Balaban J connectivity index is 1.11. The van der Waals surface area contributed by atoms with Crippen molar-refractivity contribution < 1.29 is 4.42 Å². The van der Waals surface area contributed by atoms with Crippen LogP contribution in [0.25, 0.3) is 98.8 Å². The Morgan fingerprint density at radius 1 is 0.400 bits per heavy atom. The number of fused-ring (bicyclic) bond motifs is 6. The number of aromatic nitrogens is 4. The molecule has 4 aromatic heterocycles. The second-order valence-electron chi connectivity index (χ2n) is 12.3. The highest BCUT2D eigenvalue weighted by atomic mass is 32.1. The van der Waals surface area contributed by atoms with Crippen molar-refractivity contribution >= 4 is 53.6 Å². The molecule has 6 heteroatoms. The topological polar surface area (TPSA) is 64.7 Å². The van der Waals surface area contributed by atoms with E-state index in [1.165, 1.54) is 4.70 Å². The summed E-state index contributed by atoms with van der Waals surface area (Å²) in [5, 5.41) is 3.19. The van der Waals surface area contributed by atoms with Crippen molar-refractivity contribution in [3.8, 4) is 56.5 Å². The van der Waals surface area contributed by atoms with Gasteiger partial charge in [-0.05, 0) is 42.5 Å². The Morgan fingerprint density at radius 3 is 1.82 bits per heavy atom. The molecule has 0 aliphatic heterocycles. The van der Waals surface area contributed by atoms with E-state index in [0.29, 0.717) is 11.6 Å². The summed E-state index contributed by atoms with van der Waals surface area (Å²) in [6, 6.07) is 53.8. The molecular formula is C44H26N4OS. The summed E-state index contributed by atoms with van der Waals surface area (Å²) in [5.74, 6) is 1.36. The van der Waals surface area contributed by atoms with Gasteiger partial charge in [-0.25, -0.2) is 19.9 Å². The second kappa shape index (κ2) is 11.6. The van der Waals surface area contributed by atoms with E-state index in [-0.39, 0.29) is 0 Å². The van der Waals surface area contributed by atoms with Crippen molar-refractivity contribution in [1.82, 2.24) is 19.9 Å². The number of furan rings is 1. The van der Waals surface area contributed by atoms with Crippen LogP contribution in [0.4, 0.5) is 0 Å². The maximum Gasteiger partial charge on any atom is 0.160 e. The van der Waals surface area contributed by atoms with Crippen LogP contribution < -0.4 is 0 Å². The fraction of sp³-hybridized carbons (Fsp3) is 0. The van der Waals surface area contributed by atoms with Gasteiger partial charge in [0.25, 0.3) is 0 Å². The van der Waals surface area contributed by atoms with Gasteiger partial charge in [-0.1, -0.05) is 115 Å². The van der Waals surface area contributed by atoms with Gasteiger partial charge in [0.1, 0.15) is 11.2 Å². The molecular weight excluding hydrogens is 633 g/mol. The molecule has 4 heterocycles. The molecule has 0 saturated heterocycles. The number of hydrogen-bond donors (Lipinski definition) is 0. The molecule has 0 aliphatic carbocycles. The van der Waals surface area contributed by atoms with E-state index < -0.39 is 0 Å². The van der Waals surface area contributed by atoms with E-state index in [2.05, 4.69) is 97.1 Å². The predicted octanol–water partition coefficient (Wildman–Crippen LogP) is 11.9. The summed E-state index contributed by atoms with van der Waals surface area (Å²) >= 11 is 1.74. The molecule has 0 fully saturated rings. The van der Waals surface area contributed by atoms with Crippen LogP contribution in [-0.2, 0) is 0 Å². The standard InChI is InChI=1S/C44H26N4OS/c1-4-12-27(13-5-1)35-26-36(46-43(45-35)29-16-8-3-9-17-29)30-21-23-37-34(24-30)32-22-20-31(25-38(32)49-37)44-47-40(28-14-6-2-7-15-28)42-41(48-44)33-18-10-11-19-39(33)50-42/h1-26H. The molecule has 0 spiro atoms. The first-order valence-electron chi connectivity index (χ1n) is 16.5. The molecule has 10 rings (SSSR count). The first-order valence-corrected chi connectivity index (χ1v) is 17.3. The lowest BCUT2D eigenvalue weighted by molar-refractivity contribution is 0.669. The fourth-order valence-corrected chi connectivity index (χ4v) is 7.81. The third-order valence-corrected chi connectivity index (χ3v) is 10.3. The van der Waals surface area contributed by atoms with E-state index in [1.807, 2.05) is 60.7 Å². The van der Waals surface area contributed by atoms with Crippen LogP contribution in [-0.4, -0.2) is 19.9 Å². The lowest BCUT2D eigenvalue weighted by Crippen LogP contribution is -1.95. The highest BCUT2D eigenvalue weighted by Crippen LogP contribution is 2.40. The van der Waals surface area contributed by atoms with Crippen molar-refractivity contribution in [2.45, 2.75) is 0 Å². The van der Waals surface area contributed by atoms with E-state index >= 15 is 0 Å². The number of rotatable bonds is 5. The number of benzene rings is 6. The van der Waals surface area contributed by atoms with Crippen LogP contribution in [0, 0.1) is 0 Å². The second-order valence-corrected chi connectivity index (χ2v) is 13.3. The number of nitrogens with zero attached hydrogens (tertiary/aromatic N) is 4. The van der Waals surface area contributed by atoms with E-state index in [1.54, 1.807) is 11.3 Å². The Morgan fingerprint density at radius 2 is 1.04 bits per heavy atom. The lowest BCUT2D eigenvalue weighted by atomic mass is 10.0. The van der Waals surface area contributed by atoms with Crippen LogP contribution in [0.1, 0.15) is 0 Å². The van der Waals surface area contributed by atoms with E-state index in [9.17, 15) is 0 Å². The zero-order valence-electron chi connectivity index (χ0n) is 26.6. The Kier molecular flexibility index (Phi) is 6.60. The fourth-order valence-electron chi connectivity index (χ4n) is 6.66. The van der Waals surface area contributed by atoms with Crippen molar-refractivity contribution in [1.29, 1.82) is 0 Å². The van der Waals surface area contributed by atoms with Crippen LogP contribution in [0.5, 0.6) is 0 Å². The number of thiophene rings is 1. The summed E-state index contributed by atoms with van der Waals surface area (Å²) in [4.78, 5) is 20.3. The minimum atomic E-state index is 0.672. The average Bonchev–Trinajstić information content (AvgIpc) is 3.76. The summed E-state index contributed by atoms with van der Waals surface area (Å²) in [5.41, 5.74) is 10.2. The Labute approximate surface area is 291 Å². The monoisotopic (exact) mass is 658 g/mol. The zero-order valence-corrected chi connectivity index (χ0v) is 27.4. The first kappa shape index (κ1) is 28.5. The normalized spacial score (nSPS) is 11.6. The molecule has 0 amide bonds. The van der Waals surface area contributed by atoms with Crippen molar-refractivity contribution in [3.05, 3.63) is 158 Å². The molecule has 0 N–H and O–H groups in total. The summed E-state index contributed by atoms with van der Waals surface area (Å²) in [6.07, 6.45) is 0. The van der Waals surface area contributed by atoms with Gasteiger partial charge < -0.3 is 4.42 Å². The third-order valence-electron chi connectivity index (χ3n) is 9.12. The summed E-state index contributed by atoms with van der Waals surface area (Å²) in [6.45, 7) is 0. The van der Waals surface area contributed by atoms with E-state index in [0.717, 1.165) is 82.4 Å². The quantitative estimate of drug-likeness (QED) is 0.184. The Hall–Kier alpha value is -6.50. The molecule has 234 valence electrons. The number of hydrogen-bond acceptors (Lipinski definition) is 6. The zero-order chi connectivity index (χ0) is 33.0. The van der Waals surface area contributed by atoms with Gasteiger partial charge in [-0.3, -0.25) is 0 Å². The van der Waals surface area contributed by atoms with Gasteiger partial charge in [0, 0.05) is 48.7 Å². The summed E-state index contributed by atoms with van der Waals surface area (Å²) in [7, 11) is 0. The molecule has 0 radical (unpaired) electrons. The summed E-state index contributed by atoms with van der Waals surface area (Å²) < 4.78 is 8.75. The SMILES string of the molecule is c1ccc(-c2cc(-c3ccc4oc5cc(-c6nc(-c7ccccc7)c7sc8ccccc8c7n6)ccc5c4c3)nc(-c3ccccc3)n2)cc1. The maximum absolute atomic E-state index is 6.46. The van der Waals surface area contributed by atoms with Crippen LogP contribution >= 0.6 is 11.3 Å². The van der Waals surface area contributed by atoms with Gasteiger partial charge >= 0.3 is 0 Å². The predicted molar refractivity (Wildman–Crippen MR) is 205 cm³/mol. The van der Waals surface area contributed by atoms with Gasteiger partial charge in [-0.15, -0.1) is 11.3 Å². The van der Waals surface area contributed by atoms with Crippen LogP contribution in [0.2, 0.25) is 0 Å². The molecule has 10 aromatic rings. The molecule has 0 unspecified atom stereocenters. The van der Waals surface area contributed by atoms with Crippen LogP contribution in [0.3, 0.4) is 0 Å². The molecule has 0 aliphatic rings. The molecule has 0 bridgehead atoms. The first-order chi connectivity index (χ1) is 24.7. The lowest BCUT2D eigenvalue weighted by Gasteiger charge is -2.09. The highest BCUT2D eigenvalue weighted by molar-refractivity contribution is 7.26. The van der Waals surface area contributed by atoms with E-state index in [4.69, 9.17) is 24.4 Å². The molecule has 50 heavy (non-hydrogen) atoms. The molecule has 6 aromatic carbocycles. The molecule has 5 nitrogen and oxygen atoms in total. The minimum absolute atomic E-state index is 0.672. The minimum Gasteiger partial charge on any atom is -0.456 e. The van der Waals surface area contributed by atoms with Crippen molar-refractivity contribution in [3.63, 3.8) is 0 Å². The largest absolute Gasteiger partial charge is 0.456 e. The smallest absolute Gasteiger partial charge is 0.160 e.